The van der Waals surface area contributed by atoms with Crippen LogP contribution in [0.2, 0.25) is 0 Å². The summed E-state index contributed by atoms with van der Waals surface area (Å²) in [5.41, 5.74) is 2.30. The summed E-state index contributed by atoms with van der Waals surface area (Å²) in [6.07, 6.45) is 0. The molecule has 0 unspecified atom stereocenters. The fourth-order valence-corrected chi connectivity index (χ4v) is 1.91. The van der Waals surface area contributed by atoms with Crippen LogP contribution in [0.15, 0.2) is 18.0 Å². The van der Waals surface area contributed by atoms with Gasteiger partial charge < -0.3 is 0 Å². The van der Waals surface area contributed by atoms with Gasteiger partial charge in [0, 0.05) is 10.8 Å². The predicted molar refractivity (Wildman–Crippen MR) is 48.8 cm³/mol. The number of rotatable bonds is 2. The molecule has 0 radical (unpaired) electrons. The Bertz CT molecular complexity index is 237. The highest BCUT2D eigenvalue weighted by Gasteiger charge is 2.01. The van der Waals surface area contributed by atoms with Crippen molar-refractivity contribution in [3.63, 3.8) is 0 Å². The summed E-state index contributed by atoms with van der Waals surface area (Å²) >= 11 is 7.32. The second-order valence-corrected chi connectivity index (χ2v) is 3.35. The SMILES string of the molecule is C=C(CCl)c1sccc1C. The first-order valence-electron chi connectivity index (χ1n) is 3.04. The fraction of sp³-hybridized carbons (Fsp3) is 0.250. The number of thiophene rings is 1. The molecule has 10 heavy (non-hydrogen) atoms. The molecule has 0 atom stereocenters. The average molecular weight is 173 g/mol. The zero-order valence-corrected chi connectivity index (χ0v) is 7.43. The van der Waals surface area contributed by atoms with E-state index < -0.39 is 0 Å². The zero-order valence-electron chi connectivity index (χ0n) is 5.86. The molecule has 1 aromatic rings. The maximum atomic E-state index is 5.62. The van der Waals surface area contributed by atoms with Crippen LogP contribution in [0, 0.1) is 6.92 Å². The molecule has 0 amide bonds. The van der Waals surface area contributed by atoms with Gasteiger partial charge in [-0.15, -0.1) is 22.9 Å². The summed E-state index contributed by atoms with van der Waals surface area (Å²) in [6, 6.07) is 2.08. The first kappa shape index (κ1) is 7.83. The van der Waals surface area contributed by atoms with Gasteiger partial charge in [-0.05, 0) is 29.5 Å². The van der Waals surface area contributed by atoms with Crippen LogP contribution in [0.25, 0.3) is 5.57 Å². The van der Waals surface area contributed by atoms with Crippen LogP contribution in [0.4, 0.5) is 0 Å². The van der Waals surface area contributed by atoms with Crippen LogP contribution in [0.1, 0.15) is 10.4 Å². The van der Waals surface area contributed by atoms with E-state index in [4.69, 9.17) is 11.6 Å². The summed E-state index contributed by atoms with van der Waals surface area (Å²) in [6.45, 7) is 5.93. The molecule has 54 valence electrons. The molecular weight excluding hydrogens is 164 g/mol. The van der Waals surface area contributed by atoms with Crippen LogP contribution in [0.5, 0.6) is 0 Å². The van der Waals surface area contributed by atoms with Gasteiger partial charge in [0.25, 0.3) is 0 Å². The van der Waals surface area contributed by atoms with E-state index in [1.165, 1.54) is 10.4 Å². The quantitative estimate of drug-likeness (QED) is 0.601. The summed E-state index contributed by atoms with van der Waals surface area (Å²) in [7, 11) is 0. The van der Waals surface area contributed by atoms with Crippen LogP contribution < -0.4 is 0 Å². The zero-order chi connectivity index (χ0) is 7.56. The maximum absolute atomic E-state index is 5.62. The molecule has 0 bridgehead atoms. The highest BCUT2D eigenvalue weighted by molar-refractivity contribution is 7.11. The third-order valence-corrected chi connectivity index (χ3v) is 2.79. The molecule has 0 fully saturated rings. The van der Waals surface area contributed by atoms with Gasteiger partial charge in [0.15, 0.2) is 0 Å². The molecule has 1 heterocycles. The molecular formula is C8H9ClS. The van der Waals surface area contributed by atoms with E-state index in [2.05, 4.69) is 24.9 Å². The Kier molecular flexibility index (Phi) is 2.52. The van der Waals surface area contributed by atoms with Crippen molar-refractivity contribution in [3.8, 4) is 0 Å². The summed E-state index contributed by atoms with van der Waals surface area (Å²) in [5, 5.41) is 2.06. The smallest absolute Gasteiger partial charge is 0.0482 e. The Morgan fingerprint density at radius 1 is 1.80 bits per heavy atom. The largest absolute Gasteiger partial charge is 0.144 e. The van der Waals surface area contributed by atoms with Crippen molar-refractivity contribution in [1.29, 1.82) is 0 Å². The number of hydrogen-bond acceptors (Lipinski definition) is 1. The highest BCUT2D eigenvalue weighted by Crippen LogP contribution is 2.23. The van der Waals surface area contributed by atoms with Crippen molar-refractivity contribution in [2.75, 3.05) is 5.88 Å². The molecule has 2 heteroatoms. The van der Waals surface area contributed by atoms with E-state index in [0.717, 1.165) is 5.57 Å². The lowest BCUT2D eigenvalue weighted by Crippen LogP contribution is -1.80. The second kappa shape index (κ2) is 3.22. The van der Waals surface area contributed by atoms with Gasteiger partial charge in [-0.3, -0.25) is 0 Å². The van der Waals surface area contributed by atoms with Crippen LogP contribution in [0.3, 0.4) is 0 Å². The standard InChI is InChI=1S/C8H9ClS/c1-6-3-4-10-8(6)7(2)5-9/h3-4H,2,5H2,1H3. The molecule has 1 rings (SSSR count). The van der Waals surface area contributed by atoms with Crippen LogP contribution in [-0.4, -0.2) is 5.88 Å². The normalized spacial score (nSPS) is 9.80. The van der Waals surface area contributed by atoms with Crippen molar-refractivity contribution in [2.45, 2.75) is 6.92 Å². The number of allylic oxidation sites excluding steroid dienone is 1. The Morgan fingerprint density at radius 2 is 2.50 bits per heavy atom. The van der Waals surface area contributed by atoms with Gasteiger partial charge in [-0.25, -0.2) is 0 Å². The molecule has 0 N–H and O–H groups in total. The van der Waals surface area contributed by atoms with E-state index in [1.54, 1.807) is 11.3 Å². The fourth-order valence-electron chi connectivity index (χ4n) is 0.796. The minimum absolute atomic E-state index is 0.529. The van der Waals surface area contributed by atoms with Crippen LogP contribution >= 0.6 is 22.9 Å². The molecule has 0 saturated heterocycles. The second-order valence-electron chi connectivity index (χ2n) is 2.17. The lowest BCUT2D eigenvalue weighted by Gasteiger charge is -1.97. The highest BCUT2D eigenvalue weighted by atomic mass is 35.5. The minimum atomic E-state index is 0.529. The van der Waals surface area contributed by atoms with Gasteiger partial charge >= 0.3 is 0 Å². The van der Waals surface area contributed by atoms with Gasteiger partial charge in [-0.2, -0.15) is 0 Å². The average Bonchev–Trinajstić information content (AvgIpc) is 2.34. The molecule has 0 aromatic carbocycles. The lowest BCUT2D eigenvalue weighted by atomic mass is 10.2. The van der Waals surface area contributed by atoms with Gasteiger partial charge in [-0.1, -0.05) is 6.58 Å². The van der Waals surface area contributed by atoms with E-state index >= 15 is 0 Å². The molecule has 0 saturated carbocycles. The van der Waals surface area contributed by atoms with Crippen molar-refractivity contribution in [3.05, 3.63) is 28.5 Å². The Morgan fingerprint density at radius 3 is 2.90 bits per heavy atom. The molecule has 0 nitrogen and oxygen atoms in total. The molecule has 1 aromatic heterocycles. The number of halogens is 1. The molecule has 0 aliphatic rings. The van der Waals surface area contributed by atoms with Crippen molar-refractivity contribution in [2.24, 2.45) is 0 Å². The Balaban J connectivity index is 2.93. The number of aryl methyl sites for hydroxylation is 1. The van der Waals surface area contributed by atoms with E-state index in [0.29, 0.717) is 5.88 Å². The van der Waals surface area contributed by atoms with Crippen molar-refractivity contribution < 1.29 is 0 Å². The van der Waals surface area contributed by atoms with Crippen LogP contribution in [-0.2, 0) is 0 Å². The first-order valence-corrected chi connectivity index (χ1v) is 4.45. The third kappa shape index (κ3) is 1.41. The van der Waals surface area contributed by atoms with E-state index in [9.17, 15) is 0 Å². The maximum Gasteiger partial charge on any atom is 0.0482 e. The van der Waals surface area contributed by atoms with Gasteiger partial charge in [0.05, 0.1) is 0 Å². The first-order chi connectivity index (χ1) is 4.75. The summed E-state index contributed by atoms with van der Waals surface area (Å²) in [4.78, 5) is 1.23. The number of alkyl halides is 1. The third-order valence-electron chi connectivity index (χ3n) is 1.34. The predicted octanol–water partition coefficient (Wildman–Crippen LogP) is 3.31. The molecule has 0 aliphatic carbocycles. The Labute approximate surface area is 70.1 Å². The van der Waals surface area contributed by atoms with Crippen molar-refractivity contribution in [1.82, 2.24) is 0 Å². The van der Waals surface area contributed by atoms with E-state index in [-0.39, 0.29) is 0 Å². The lowest BCUT2D eigenvalue weighted by molar-refractivity contribution is 1.51. The Hall–Kier alpha value is -0.270. The van der Waals surface area contributed by atoms with E-state index in [1.807, 2.05) is 0 Å². The summed E-state index contributed by atoms with van der Waals surface area (Å²) < 4.78 is 0. The monoisotopic (exact) mass is 172 g/mol. The summed E-state index contributed by atoms with van der Waals surface area (Å²) in [5.74, 6) is 0.529. The topological polar surface area (TPSA) is 0 Å². The minimum Gasteiger partial charge on any atom is -0.144 e. The van der Waals surface area contributed by atoms with Crippen molar-refractivity contribution >= 4 is 28.5 Å². The number of hydrogen-bond donors (Lipinski definition) is 0. The van der Waals surface area contributed by atoms with Gasteiger partial charge in [0.1, 0.15) is 0 Å². The molecule has 0 spiro atoms. The molecule has 0 aliphatic heterocycles. The van der Waals surface area contributed by atoms with Gasteiger partial charge in [0.2, 0.25) is 0 Å².